The molecule has 0 aromatic heterocycles. The first-order valence-electron chi connectivity index (χ1n) is 11.3. The van der Waals surface area contributed by atoms with E-state index in [-0.39, 0.29) is 35.4 Å². The molecule has 8 atom stereocenters. The maximum atomic E-state index is 12.8. The summed E-state index contributed by atoms with van der Waals surface area (Å²) in [6, 6.07) is 9.43. The SMILES string of the molecule is CC1CCC=C2C[C@H]3OC(=O)C(CN(C)[C@@H](C)[C@@H](O)c4ccccc4)[C@H]3C(O)[C@@]21C. The normalized spacial score (nSPS) is 37.8. The van der Waals surface area contributed by atoms with E-state index in [2.05, 4.69) is 19.9 Å². The Morgan fingerprint density at radius 2 is 2.00 bits per heavy atom. The lowest BCUT2D eigenvalue weighted by Crippen LogP contribution is -2.55. The molecule has 1 heterocycles. The Balaban J connectivity index is 1.52. The molecular formula is C25H35NO4. The fourth-order valence-corrected chi connectivity index (χ4v) is 5.92. The second-order valence-corrected chi connectivity index (χ2v) is 9.83. The van der Waals surface area contributed by atoms with E-state index in [9.17, 15) is 15.0 Å². The van der Waals surface area contributed by atoms with Crippen molar-refractivity contribution in [1.29, 1.82) is 0 Å². The molecule has 1 aromatic carbocycles. The predicted octanol–water partition coefficient (Wildman–Crippen LogP) is 3.33. The van der Waals surface area contributed by atoms with Gasteiger partial charge in [-0.15, -0.1) is 0 Å². The van der Waals surface area contributed by atoms with E-state index in [4.69, 9.17) is 4.74 Å². The molecule has 1 aromatic rings. The number of aliphatic hydroxyl groups is 2. The van der Waals surface area contributed by atoms with Crippen LogP contribution < -0.4 is 0 Å². The minimum Gasteiger partial charge on any atom is -0.461 e. The summed E-state index contributed by atoms with van der Waals surface area (Å²) >= 11 is 0. The fourth-order valence-electron chi connectivity index (χ4n) is 5.92. The smallest absolute Gasteiger partial charge is 0.311 e. The van der Waals surface area contributed by atoms with Crippen molar-refractivity contribution < 1.29 is 19.7 Å². The maximum Gasteiger partial charge on any atom is 0.311 e. The highest BCUT2D eigenvalue weighted by Gasteiger charge is 2.59. The highest BCUT2D eigenvalue weighted by atomic mass is 16.6. The van der Waals surface area contributed by atoms with Crippen molar-refractivity contribution >= 4 is 5.97 Å². The lowest BCUT2D eigenvalue weighted by Gasteiger charge is -2.52. The largest absolute Gasteiger partial charge is 0.461 e. The summed E-state index contributed by atoms with van der Waals surface area (Å²) in [4.78, 5) is 14.9. The van der Waals surface area contributed by atoms with Crippen molar-refractivity contribution in [2.45, 2.75) is 64.4 Å². The van der Waals surface area contributed by atoms with Gasteiger partial charge in [0.05, 0.1) is 18.1 Å². The Bertz CT molecular complexity index is 809. The molecule has 1 saturated heterocycles. The fraction of sp³-hybridized carbons (Fsp3) is 0.640. The van der Waals surface area contributed by atoms with E-state index in [0.717, 1.165) is 24.8 Å². The number of esters is 1. The first-order chi connectivity index (χ1) is 14.2. The van der Waals surface area contributed by atoms with Gasteiger partial charge in [0.25, 0.3) is 0 Å². The first-order valence-corrected chi connectivity index (χ1v) is 11.3. The predicted molar refractivity (Wildman–Crippen MR) is 116 cm³/mol. The number of benzene rings is 1. The van der Waals surface area contributed by atoms with Crippen LogP contribution in [0.3, 0.4) is 0 Å². The molecule has 2 aliphatic carbocycles. The molecule has 30 heavy (non-hydrogen) atoms. The number of hydrogen-bond acceptors (Lipinski definition) is 5. The number of hydrogen-bond donors (Lipinski definition) is 2. The number of fused-ring (bicyclic) bond motifs is 2. The minimum atomic E-state index is -0.647. The monoisotopic (exact) mass is 413 g/mol. The van der Waals surface area contributed by atoms with Gasteiger partial charge in [0.15, 0.2) is 0 Å². The third-order valence-corrected chi connectivity index (χ3v) is 8.35. The zero-order valence-corrected chi connectivity index (χ0v) is 18.5. The quantitative estimate of drug-likeness (QED) is 0.572. The molecule has 3 unspecified atom stereocenters. The molecule has 2 N–H and O–H groups in total. The molecule has 3 aliphatic rings. The molecule has 0 spiro atoms. The van der Waals surface area contributed by atoms with Crippen LogP contribution >= 0.6 is 0 Å². The van der Waals surface area contributed by atoms with Crippen molar-refractivity contribution in [2.75, 3.05) is 13.6 Å². The van der Waals surface area contributed by atoms with Gasteiger partial charge in [-0.25, -0.2) is 0 Å². The molecule has 1 aliphatic heterocycles. The van der Waals surface area contributed by atoms with Gasteiger partial charge < -0.3 is 14.9 Å². The summed E-state index contributed by atoms with van der Waals surface area (Å²) in [7, 11) is 1.93. The summed E-state index contributed by atoms with van der Waals surface area (Å²) in [6.45, 7) is 6.81. The highest BCUT2D eigenvalue weighted by Crippen LogP contribution is 2.56. The molecule has 0 amide bonds. The number of aliphatic hydroxyl groups excluding tert-OH is 2. The van der Waals surface area contributed by atoms with Crippen molar-refractivity contribution in [1.82, 2.24) is 4.90 Å². The number of nitrogens with zero attached hydrogens (tertiary/aromatic N) is 1. The topological polar surface area (TPSA) is 70.0 Å². The van der Waals surface area contributed by atoms with Crippen LogP contribution in [-0.2, 0) is 9.53 Å². The zero-order valence-electron chi connectivity index (χ0n) is 18.5. The molecule has 5 heteroatoms. The molecule has 164 valence electrons. The Morgan fingerprint density at radius 3 is 2.70 bits per heavy atom. The number of carbonyl (C=O) groups excluding carboxylic acids is 1. The average molecular weight is 414 g/mol. The van der Waals surface area contributed by atoms with Gasteiger partial charge in [-0.05, 0) is 38.3 Å². The van der Waals surface area contributed by atoms with E-state index < -0.39 is 12.2 Å². The van der Waals surface area contributed by atoms with Crippen molar-refractivity contribution in [2.24, 2.45) is 23.2 Å². The molecular weight excluding hydrogens is 378 g/mol. The average Bonchev–Trinajstić information content (AvgIpc) is 3.05. The Labute approximate surface area is 179 Å². The van der Waals surface area contributed by atoms with Crippen LogP contribution in [0.2, 0.25) is 0 Å². The molecule has 2 fully saturated rings. The van der Waals surface area contributed by atoms with Gasteiger partial charge in [-0.2, -0.15) is 0 Å². The summed E-state index contributed by atoms with van der Waals surface area (Å²) in [5, 5.41) is 22.3. The number of carbonyl (C=O) groups is 1. The lowest BCUT2D eigenvalue weighted by molar-refractivity contribution is -0.145. The van der Waals surface area contributed by atoms with Crippen LogP contribution in [0.5, 0.6) is 0 Å². The highest BCUT2D eigenvalue weighted by molar-refractivity contribution is 5.76. The minimum absolute atomic E-state index is 0.167. The Hall–Kier alpha value is -1.69. The second kappa shape index (κ2) is 8.10. The number of allylic oxidation sites excluding steroid dienone is 1. The van der Waals surface area contributed by atoms with E-state index in [1.807, 2.05) is 49.2 Å². The van der Waals surface area contributed by atoms with E-state index in [1.165, 1.54) is 5.57 Å². The summed E-state index contributed by atoms with van der Waals surface area (Å²) in [6.07, 6.45) is 3.59. The van der Waals surface area contributed by atoms with Gasteiger partial charge in [-0.1, -0.05) is 55.8 Å². The molecule has 4 rings (SSSR count). The van der Waals surface area contributed by atoms with Gasteiger partial charge in [0.1, 0.15) is 6.10 Å². The lowest BCUT2D eigenvalue weighted by atomic mass is 9.55. The molecule has 1 saturated carbocycles. The van der Waals surface area contributed by atoms with Crippen LogP contribution in [0, 0.1) is 23.2 Å². The van der Waals surface area contributed by atoms with Crippen molar-refractivity contribution in [3.05, 3.63) is 47.5 Å². The number of rotatable bonds is 5. The van der Waals surface area contributed by atoms with Crippen LogP contribution in [0.15, 0.2) is 42.0 Å². The van der Waals surface area contributed by atoms with E-state index in [0.29, 0.717) is 12.5 Å². The van der Waals surface area contributed by atoms with Crippen molar-refractivity contribution in [3.8, 4) is 0 Å². The molecule has 0 bridgehead atoms. The van der Waals surface area contributed by atoms with Gasteiger partial charge in [0.2, 0.25) is 0 Å². The summed E-state index contributed by atoms with van der Waals surface area (Å²) in [5.41, 5.74) is 1.82. The Morgan fingerprint density at radius 1 is 1.30 bits per heavy atom. The second-order valence-electron chi connectivity index (χ2n) is 9.83. The number of likely N-dealkylation sites (N-methyl/N-ethyl adjacent to an activating group) is 1. The van der Waals surface area contributed by atoms with Gasteiger partial charge >= 0.3 is 5.97 Å². The maximum absolute atomic E-state index is 12.8. The van der Waals surface area contributed by atoms with Crippen LogP contribution in [0.25, 0.3) is 0 Å². The first kappa shape index (κ1) is 21.5. The van der Waals surface area contributed by atoms with Crippen molar-refractivity contribution in [3.63, 3.8) is 0 Å². The van der Waals surface area contributed by atoms with Gasteiger partial charge in [-0.3, -0.25) is 9.69 Å². The molecule has 5 nitrogen and oxygen atoms in total. The number of ether oxygens (including phenoxy) is 1. The van der Waals surface area contributed by atoms with E-state index in [1.54, 1.807) is 0 Å². The zero-order chi connectivity index (χ0) is 21.6. The summed E-state index contributed by atoms with van der Waals surface area (Å²) < 4.78 is 5.77. The summed E-state index contributed by atoms with van der Waals surface area (Å²) in [5.74, 6) is -0.425. The third kappa shape index (κ3) is 3.41. The van der Waals surface area contributed by atoms with Gasteiger partial charge in [0, 0.05) is 30.3 Å². The van der Waals surface area contributed by atoms with Crippen LogP contribution in [0.1, 0.15) is 51.7 Å². The third-order valence-electron chi connectivity index (χ3n) is 8.35. The molecule has 0 radical (unpaired) electrons. The van der Waals surface area contributed by atoms with E-state index >= 15 is 0 Å². The Kier molecular flexibility index (Phi) is 5.82. The van der Waals surface area contributed by atoms with Crippen LogP contribution in [-0.4, -0.2) is 52.9 Å². The van der Waals surface area contributed by atoms with Crippen LogP contribution in [0.4, 0.5) is 0 Å². The standard InChI is InChI=1S/C25H35NO4/c1-15-9-8-12-18-13-20-21(23(28)25(15,18)3)19(24(29)30-20)14-26(4)16(2)22(27)17-10-6-5-7-11-17/h5-7,10-12,15-16,19-23,27-28H,8-9,13-14H2,1-4H3/t15?,16-,19?,20+,21+,22+,23?,25+/m0/s1.